The second kappa shape index (κ2) is 4.33. The van der Waals surface area contributed by atoms with Crippen molar-refractivity contribution in [2.24, 2.45) is 5.92 Å². The maximum atomic E-state index is 11.9. The average molecular weight is 250 g/mol. The summed E-state index contributed by atoms with van der Waals surface area (Å²) >= 11 is 1.55. The van der Waals surface area contributed by atoms with Gasteiger partial charge >= 0.3 is 6.18 Å². The highest BCUT2D eigenvalue weighted by atomic mass is 32.1. The Balaban J connectivity index is 1.79. The van der Waals surface area contributed by atoms with Crippen molar-refractivity contribution < 1.29 is 13.2 Å². The van der Waals surface area contributed by atoms with Crippen molar-refractivity contribution in [3.63, 3.8) is 0 Å². The summed E-state index contributed by atoms with van der Waals surface area (Å²) in [6, 6.07) is 0. The lowest BCUT2D eigenvalue weighted by Crippen LogP contribution is -2.28. The molecule has 90 valence electrons. The van der Waals surface area contributed by atoms with Crippen molar-refractivity contribution >= 4 is 11.3 Å². The molecular formula is C10H13F3N2S. The Bertz CT molecular complexity index is 361. The Morgan fingerprint density at radius 1 is 1.56 bits per heavy atom. The average Bonchev–Trinajstić information content (AvgIpc) is 2.72. The number of hydrogen-bond donors (Lipinski definition) is 1. The van der Waals surface area contributed by atoms with Crippen LogP contribution in [0, 0.1) is 5.92 Å². The molecule has 2 rings (SSSR count). The quantitative estimate of drug-likeness (QED) is 0.888. The molecule has 1 fully saturated rings. The fourth-order valence-corrected chi connectivity index (χ4v) is 2.64. The molecule has 2 atom stereocenters. The molecule has 0 bridgehead atoms. The maximum Gasteiger partial charge on any atom is 0.401 e. The number of rotatable bonds is 4. The van der Waals surface area contributed by atoms with E-state index in [0.717, 1.165) is 11.4 Å². The minimum absolute atomic E-state index is 0.192. The molecule has 0 radical (unpaired) electrons. The Labute approximate surface area is 95.9 Å². The highest BCUT2D eigenvalue weighted by Crippen LogP contribution is 2.47. The first kappa shape index (κ1) is 11.9. The topological polar surface area (TPSA) is 24.9 Å². The molecule has 6 heteroatoms. The number of aromatic nitrogens is 1. The lowest BCUT2D eigenvalue weighted by molar-refractivity contribution is -0.125. The molecule has 2 unspecified atom stereocenters. The van der Waals surface area contributed by atoms with E-state index in [1.807, 2.05) is 5.38 Å². The molecule has 1 aliphatic carbocycles. The van der Waals surface area contributed by atoms with E-state index in [1.54, 1.807) is 11.3 Å². The molecule has 0 saturated heterocycles. The van der Waals surface area contributed by atoms with Gasteiger partial charge in [-0.25, -0.2) is 4.98 Å². The number of nitrogens with zero attached hydrogens (tertiary/aromatic N) is 1. The molecule has 0 spiro atoms. The molecule has 1 saturated carbocycles. The lowest BCUT2D eigenvalue weighted by atomic mass is 10.3. The van der Waals surface area contributed by atoms with Gasteiger partial charge in [0.05, 0.1) is 17.2 Å². The third kappa shape index (κ3) is 3.18. The molecular weight excluding hydrogens is 237 g/mol. The van der Waals surface area contributed by atoms with Gasteiger partial charge in [-0.15, -0.1) is 11.3 Å². The third-order valence-electron chi connectivity index (χ3n) is 2.63. The van der Waals surface area contributed by atoms with Gasteiger partial charge in [-0.05, 0) is 12.3 Å². The van der Waals surface area contributed by atoms with Gasteiger partial charge in [0.2, 0.25) is 0 Å². The molecule has 1 N–H and O–H groups in total. The number of alkyl halides is 3. The zero-order chi connectivity index (χ0) is 11.8. The minimum Gasteiger partial charge on any atom is -0.303 e. The standard InChI is InChI=1S/C10H13F3N2S/c1-6-2-8(6)9-15-7(4-16-9)3-14-5-10(11,12)13/h4,6,8,14H,2-3,5H2,1H3. The van der Waals surface area contributed by atoms with E-state index < -0.39 is 12.7 Å². The highest BCUT2D eigenvalue weighted by Gasteiger charge is 2.36. The molecule has 0 aromatic carbocycles. The minimum atomic E-state index is -4.15. The number of nitrogens with one attached hydrogen (secondary N) is 1. The number of thiazole rings is 1. The van der Waals surface area contributed by atoms with Crippen LogP contribution in [0.3, 0.4) is 0 Å². The molecule has 2 nitrogen and oxygen atoms in total. The fraction of sp³-hybridized carbons (Fsp3) is 0.700. The largest absolute Gasteiger partial charge is 0.401 e. The van der Waals surface area contributed by atoms with Crippen molar-refractivity contribution in [1.29, 1.82) is 0 Å². The molecule has 1 aromatic heterocycles. The summed E-state index contributed by atoms with van der Waals surface area (Å²) in [5.74, 6) is 1.23. The smallest absolute Gasteiger partial charge is 0.303 e. The maximum absolute atomic E-state index is 11.9. The normalized spacial score (nSPS) is 24.8. The van der Waals surface area contributed by atoms with Crippen molar-refractivity contribution in [3.8, 4) is 0 Å². The summed E-state index contributed by atoms with van der Waals surface area (Å²) < 4.78 is 35.6. The first-order valence-electron chi connectivity index (χ1n) is 5.17. The molecule has 1 aromatic rings. The molecule has 0 amide bonds. The first-order chi connectivity index (χ1) is 7.46. The second-order valence-corrected chi connectivity index (χ2v) is 5.10. The van der Waals surface area contributed by atoms with Crippen LogP contribution in [0.1, 0.15) is 30.0 Å². The zero-order valence-electron chi connectivity index (χ0n) is 8.84. The van der Waals surface area contributed by atoms with E-state index in [2.05, 4.69) is 17.2 Å². The van der Waals surface area contributed by atoms with Gasteiger partial charge in [-0.2, -0.15) is 13.2 Å². The Morgan fingerprint density at radius 3 is 2.81 bits per heavy atom. The first-order valence-corrected chi connectivity index (χ1v) is 6.05. The Morgan fingerprint density at radius 2 is 2.25 bits per heavy atom. The van der Waals surface area contributed by atoms with Crippen LogP contribution in [0.2, 0.25) is 0 Å². The zero-order valence-corrected chi connectivity index (χ0v) is 9.66. The number of hydrogen-bond acceptors (Lipinski definition) is 3. The monoisotopic (exact) mass is 250 g/mol. The summed E-state index contributed by atoms with van der Waals surface area (Å²) in [6.07, 6.45) is -2.99. The van der Waals surface area contributed by atoms with Gasteiger partial charge in [-0.3, -0.25) is 0 Å². The van der Waals surface area contributed by atoms with Gasteiger partial charge in [0.25, 0.3) is 0 Å². The summed E-state index contributed by atoms with van der Waals surface area (Å²) in [5.41, 5.74) is 0.711. The van der Waals surface area contributed by atoms with E-state index in [-0.39, 0.29) is 6.54 Å². The van der Waals surface area contributed by atoms with Gasteiger partial charge < -0.3 is 5.32 Å². The number of halogens is 3. The van der Waals surface area contributed by atoms with Crippen LogP contribution < -0.4 is 5.32 Å². The SMILES string of the molecule is CC1CC1c1nc(CNCC(F)(F)F)cs1. The van der Waals surface area contributed by atoms with Crippen LogP contribution in [0.4, 0.5) is 13.2 Å². The van der Waals surface area contributed by atoms with Crippen molar-refractivity contribution in [1.82, 2.24) is 10.3 Å². The van der Waals surface area contributed by atoms with Gasteiger partial charge in [0, 0.05) is 17.8 Å². The van der Waals surface area contributed by atoms with Gasteiger partial charge in [0.15, 0.2) is 0 Å². The van der Waals surface area contributed by atoms with Crippen molar-refractivity contribution in [2.75, 3.05) is 6.54 Å². The van der Waals surface area contributed by atoms with Gasteiger partial charge in [0.1, 0.15) is 0 Å². The third-order valence-corrected chi connectivity index (χ3v) is 3.65. The van der Waals surface area contributed by atoms with Crippen molar-refractivity contribution in [3.05, 3.63) is 16.1 Å². The highest BCUT2D eigenvalue weighted by molar-refractivity contribution is 7.09. The van der Waals surface area contributed by atoms with E-state index >= 15 is 0 Å². The van der Waals surface area contributed by atoms with Crippen LogP contribution in [0.15, 0.2) is 5.38 Å². The Hall–Kier alpha value is -0.620. The second-order valence-electron chi connectivity index (χ2n) is 4.22. The molecule has 1 heterocycles. The summed E-state index contributed by atoms with van der Waals surface area (Å²) in [5, 5.41) is 5.25. The Kier molecular flexibility index (Phi) is 3.21. The summed E-state index contributed by atoms with van der Waals surface area (Å²) in [4.78, 5) is 4.33. The fourth-order valence-electron chi connectivity index (χ4n) is 1.57. The van der Waals surface area contributed by atoms with Crippen molar-refractivity contribution in [2.45, 2.75) is 32.0 Å². The predicted molar refractivity (Wildman–Crippen MR) is 56.4 cm³/mol. The van der Waals surface area contributed by atoms with Crippen LogP contribution in [-0.2, 0) is 6.54 Å². The lowest BCUT2D eigenvalue weighted by Gasteiger charge is -2.06. The van der Waals surface area contributed by atoms with Crippen LogP contribution in [0.5, 0.6) is 0 Å². The van der Waals surface area contributed by atoms with E-state index in [1.165, 1.54) is 0 Å². The van der Waals surface area contributed by atoms with Crippen LogP contribution >= 0.6 is 11.3 Å². The van der Waals surface area contributed by atoms with E-state index in [9.17, 15) is 13.2 Å². The molecule has 0 aliphatic heterocycles. The summed E-state index contributed by atoms with van der Waals surface area (Å²) in [6.45, 7) is 1.39. The predicted octanol–water partition coefficient (Wildman–Crippen LogP) is 2.92. The van der Waals surface area contributed by atoms with Crippen LogP contribution in [0.25, 0.3) is 0 Å². The van der Waals surface area contributed by atoms with E-state index in [4.69, 9.17) is 0 Å². The van der Waals surface area contributed by atoms with E-state index in [0.29, 0.717) is 17.5 Å². The molecule has 1 aliphatic rings. The van der Waals surface area contributed by atoms with Gasteiger partial charge in [-0.1, -0.05) is 6.92 Å². The van der Waals surface area contributed by atoms with Crippen LogP contribution in [-0.4, -0.2) is 17.7 Å². The summed E-state index contributed by atoms with van der Waals surface area (Å²) in [7, 11) is 0. The molecule has 16 heavy (non-hydrogen) atoms.